The molecule has 0 bridgehead atoms. The lowest BCUT2D eigenvalue weighted by Gasteiger charge is -2.25. The second kappa shape index (κ2) is 9.61. The average molecular weight is 382 g/mol. The van der Waals surface area contributed by atoms with Crippen LogP contribution in [0.15, 0.2) is 47.4 Å². The third-order valence-electron chi connectivity index (χ3n) is 4.35. The van der Waals surface area contributed by atoms with Crippen molar-refractivity contribution in [3.63, 3.8) is 0 Å². The zero-order chi connectivity index (χ0) is 20.7. The van der Waals surface area contributed by atoms with Crippen LogP contribution in [-0.4, -0.2) is 46.7 Å². The van der Waals surface area contributed by atoms with Gasteiger partial charge >= 0.3 is 0 Å². The molecule has 8 heteroatoms. The standard InChI is InChI=1S/C19H23N5O.CH3NO/c1-13-7-9-14(10-8-13)16(23(2)3)12-21-18-17-15(6-5-11-20-17)19(25)24(4)22-18;2-1-3/h5-11,16H,12H2,1-4H3,(H,21,22);1H,(H2,2,3). The lowest BCUT2D eigenvalue weighted by molar-refractivity contribution is -0.106. The highest BCUT2D eigenvalue weighted by atomic mass is 16.1. The summed E-state index contributed by atoms with van der Waals surface area (Å²) in [6, 6.07) is 12.3. The van der Waals surface area contributed by atoms with E-state index in [9.17, 15) is 4.79 Å². The molecule has 0 saturated carbocycles. The van der Waals surface area contributed by atoms with Gasteiger partial charge in [-0.25, -0.2) is 4.68 Å². The van der Waals surface area contributed by atoms with Crippen molar-refractivity contribution in [2.75, 3.05) is 26.0 Å². The number of anilines is 1. The van der Waals surface area contributed by atoms with Crippen LogP contribution in [0.3, 0.4) is 0 Å². The van der Waals surface area contributed by atoms with Gasteiger partial charge in [-0.3, -0.25) is 14.6 Å². The van der Waals surface area contributed by atoms with Gasteiger partial charge in [-0.05, 0) is 38.7 Å². The summed E-state index contributed by atoms with van der Waals surface area (Å²) in [5.41, 5.74) is 7.10. The van der Waals surface area contributed by atoms with Gasteiger partial charge in [0.15, 0.2) is 5.82 Å². The van der Waals surface area contributed by atoms with Gasteiger partial charge < -0.3 is 16.0 Å². The van der Waals surface area contributed by atoms with Crippen molar-refractivity contribution in [1.82, 2.24) is 19.7 Å². The summed E-state index contributed by atoms with van der Waals surface area (Å²) in [5, 5.41) is 8.30. The van der Waals surface area contributed by atoms with Gasteiger partial charge in [0.2, 0.25) is 6.41 Å². The molecule has 1 aromatic carbocycles. The molecule has 0 radical (unpaired) electrons. The highest BCUT2D eigenvalue weighted by molar-refractivity contribution is 5.86. The molecule has 28 heavy (non-hydrogen) atoms. The van der Waals surface area contributed by atoms with E-state index in [1.165, 1.54) is 15.8 Å². The van der Waals surface area contributed by atoms with Crippen molar-refractivity contribution in [3.8, 4) is 0 Å². The first-order valence-corrected chi connectivity index (χ1v) is 8.83. The number of benzene rings is 1. The van der Waals surface area contributed by atoms with Gasteiger partial charge in [-0.15, -0.1) is 0 Å². The number of carbonyl (C=O) groups excluding carboxylic acids is 1. The Morgan fingerprint density at radius 2 is 1.89 bits per heavy atom. The van der Waals surface area contributed by atoms with Gasteiger partial charge in [0.05, 0.1) is 11.4 Å². The number of aryl methyl sites for hydroxylation is 2. The van der Waals surface area contributed by atoms with Crippen molar-refractivity contribution in [2.24, 2.45) is 12.8 Å². The summed E-state index contributed by atoms with van der Waals surface area (Å²) >= 11 is 0. The number of nitrogens with two attached hydrogens (primary N) is 1. The summed E-state index contributed by atoms with van der Waals surface area (Å²) in [7, 11) is 5.76. The van der Waals surface area contributed by atoms with E-state index in [-0.39, 0.29) is 18.0 Å². The van der Waals surface area contributed by atoms with E-state index in [4.69, 9.17) is 4.79 Å². The fraction of sp³-hybridized carbons (Fsp3) is 0.300. The zero-order valence-electron chi connectivity index (χ0n) is 16.6. The zero-order valence-corrected chi connectivity index (χ0v) is 16.6. The molecule has 0 aliphatic carbocycles. The second-order valence-electron chi connectivity index (χ2n) is 6.58. The van der Waals surface area contributed by atoms with Gasteiger partial charge in [0, 0.05) is 19.8 Å². The van der Waals surface area contributed by atoms with E-state index in [1.807, 2.05) is 0 Å². The van der Waals surface area contributed by atoms with Crippen LogP contribution in [0.5, 0.6) is 0 Å². The number of nitrogens with one attached hydrogen (secondary N) is 1. The molecular weight excluding hydrogens is 356 g/mol. The van der Waals surface area contributed by atoms with E-state index >= 15 is 0 Å². The van der Waals surface area contributed by atoms with Crippen LogP contribution >= 0.6 is 0 Å². The number of rotatable bonds is 5. The van der Waals surface area contributed by atoms with Gasteiger partial charge in [0.1, 0.15) is 5.52 Å². The summed E-state index contributed by atoms with van der Waals surface area (Å²) in [6.45, 7) is 2.74. The summed E-state index contributed by atoms with van der Waals surface area (Å²) in [5.74, 6) is 0.622. The Hall–Kier alpha value is -3.26. The molecule has 0 spiro atoms. The Kier molecular flexibility index (Phi) is 7.22. The molecule has 2 heterocycles. The van der Waals surface area contributed by atoms with E-state index in [2.05, 4.69) is 71.3 Å². The minimum Gasteiger partial charge on any atom is -0.372 e. The highest BCUT2D eigenvalue weighted by Crippen LogP contribution is 2.21. The van der Waals surface area contributed by atoms with Crippen molar-refractivity contribution < 1.29 is 4.79 Å². The minimum atomic E-state index is -0.142. The van der Waals surface area contributed by atoms with Gasteiger partial charge in [-0.2, -0.15) is 5.10 Å². The summed E-state index contributed by atoms with van der Waals surface area (Å²) < 4.78 is 1.35. The molecular formula is C20H26N6O2. The largest absolute Gasteiger partial charge is 0.372 e. The first-order chi connectivity index (χ1) is 13.4. The first-order valence-electron chi connectivity index (χ1n) is 8.83. The number of hydrogen-bond acceptors (Lipinski definition) is 6. The van der Waals surface area contributed by atoms with Crippen molar-refractivity contribution in [1.29, 1.82) is 0 Å². The maximum atomic E-state index is 12.2. The Morgan fingerprint density at radius 3 is 2.50 bits per heavy atom. The van der Waals surface area contributed by atoms with Crippen LogP contribution in [0.25, 0.3) is 10.9 Å². The molecule has 2 aromatic heterocycles. The Bertz CT molecular complexity index is 982. The molecule has 0 saturated heterocycles. The molecule has 3 N–H and O–H groups in total. The predicted molar refractivity (Wildman–Crippen MR) is 111 cm³/mol. The molecule has 0 aliphatic heterocycles. The fourth-order valence-corrected chi connectivity index (χ4v) is 2.88. The maximum Gasteiger partial charge on any atom is 0.276 e. The topological polar surface area (TPSA) is 106 Å². The number of aromatic nitrogens is 3. The summed E-state index contributed by atoms with van der Waals surface area (Å²) in [4.78, 5) is 27.3. The molecule has 148 valence electrons. The van der Waals surface area contributed by atoms with Crippen molar-refractivity contribution in [3.05, 3.63) is 64.1 Å². The molecule has 1 amide bonds. The predicted octanol–water partition coefficient (Wildman–Crippen LogP) is 1.45. The molecule has 3 aromatic rings. The number of fused-ring (bicyclic) bond motifs is 1. The number of hydrogen-bond donors (Lipinski definition) is 2. The van der Waals surface area contributed by atoms with Crippen LogP contribution in [-0.2, 0) is 11.8 Å². The minimum absolute atomic E-state index is 0.142. The quantitative estimate of drug-likeness (QED) is 0.647. The Balaban J connectivity index is 0.000000878. The SMILES string of the molecule is Cc1ccc(C(CNc2nn(C)c(=O)c3cccnc23)N(C)C)cc1.NC=O. The Labute approximate surface area is 164 Å². The van der Waals surface area contributed by atoms with Crippen molar-refractivity contribution in [2.45, 2.75) is 13.0 Å². The molecule has 1 unspecified atom stereocenters. The lowest BCUT2D eigenvalue weighted by atomic mass is 10.0. The first kappa shape index (κ1) is 21.0. The van der Waals surface area contributed by atoms with Gasteiger partial charge in [0.25, 0.3) is 5.56 Å². The number of amides is 1. The second-order valence-corrected chi connectivity index (χ2v) is 6.58. The van der Waals surface area contributed by atoms with Crippen LogP contribution in [0.2, 0.25) is 0 Å². The van der Waals surface area contributed by atoms with Gasteiger partial charge in [-0.1, -0.05) is 29.8 Å². The molecule has 1 atom stereocenters. The number of carbonyl (C=O) groups is 1. The van der Waals surface area contributed by atoms with E-state index in [0.717, 1.165) is 0 Å². The number of primary amides is 1. The third kappa shape index (κ3) is 4.92. The highest BCUT2D eigenvalue weighted by Gasteiger charge is 2.16. The maximum absolute atomic E-state index is 12.2. The normalized spacial score (nSPS) is 11.6. The van der Waals surface area contributed by atoms with Crippen LogP contribution in [0.1, 0.15) is 17.2 Å². The van der Waals surface area contributed by atoms with Crippen LogP contribution < -0.4 is 16.6 Å². The average Bonchev–Trinajstić information content (AvgIpc) is 2.67. The monoisotopic (exact) mass is 382 g/mol. The van der Waals surface area contributed by atoms with E-state index < -0.39 is 0 Å². The molecule has 0 aliphatic rings. The van der Waals surface area contributed by atoms with Crippen LogP contribution in [0, 0.1) is 6.92 Å². The molecule has 3 rings (SSSR count). The number of nitrogens with zero attached hydrogens (tertiary/aromatic N) is 4. The smallest absolute Gasteiger partial charge is 0.276 e. The molecule has 8 nitrogen and oxygen atoms in total. The number of pyridine rings is 1. The third-order valence-corrected chi connectivity index (χ3v) is 4.35. The van der Waals surface area contributed by atoms with Crippen LogP contribution in [0.4, 0.5) is 5.82 Å². The fourth-order valence-electron chi connectivity index (χ4n) is 2.88. The lowest BCUT2D eigenvalue weighted by Crippen LogP contribution is -2.28. The molecule has 0 fully saturated rings. The van der Waals surface area contributed by atoms with E-state index in [1.54, 1.807) is 25.4 Å². The Morgan fingerprint density at radius 1 is 1.25 bits per heavy atom. The summed E-state index contributed by atoms with van der Waals surface area (Å²) in [6.07, 6.45) is 1.93. The van der Waals surface area contributed by atoms with Crippen molar-refractivity contribution >= 4 is 23.1 Å². The number of likely N-dealkylation sites (N-methyl/N-ethyl adjacent to an activating group) is 1. The van der Waals surface area contributed by atoms with E-state index in [0.29, 0.717) is 23.3 Å².